The molecule has 23 heavy (non-hydrogen) atoms. The predicted molar refractivity (Wildman–Crippen MR) is 99.5 cm³/mol. The monoisotopic (exact) mass is 442 g/mol. The summed E-state index contributed by atoms with van der Waals surface area (Å²) in [7, 11) is 0. The summed E-state index contributed by atoms with van der Waals surface area (Å²) in [5.74, 6) is -0.535. The quantitative estimate of drug-likeness (QED) is 0.696. The number of halogens is 2. The van der Waals surface area contributed by atoms with Gasteiger partial charge in [0.15, 0.2) is 0 Å². The molecule has 0 spiro atoms. The molecule has 6 heteroatoms. The Hall–Kier alpha value is -1.60. The zero-order valence-electron chi connectivity index (χ0n) is 12.5. The van der Waals surface area contributed by atoms with Gasteiger partial charge in [-0.3, -0.25) is 9.59 Å². The average molecular weight is 443 g/mol. The van der Waals surface area contributed by atoms with E-state index in [1.807, 2.05) is 37.3 Å². The fourth-order valence-corrected chi connectivity index (χ4v) is 3.03. The topological polar surface area (TPSA) is 58.2 Å². The van der Waals surface area contributed by atoms with Crippen LogP contribution in [0.2, 0.25) is 5.02 Å². The highest BCUT2D eigenvalue weighted by molar-refractivity contribution is 14.1. The van der Waals surface area contributed by atoms with Gasteiger partial charge in [0, 0.05) is 8.59 Å². The lowest BCUT2D eigenvalue weighted by molar-refractivity contribution is -0.120. The van der Waals surface area contributed by atoms with Gasteiger partial charge in [0.05, 0.1) is 18.2 Å². The summed E-state index contributed by atoms with van der Waals surface area (Å²) in [5.41, 5.74) is 1.39. The number of amides is 2. The molecule has 2 rings (SSSR count). The van der Waals surface area contributed by atoms with Crippen LogP contribution in [0.15, 0.2) is 48.5 Å². The zero-order valence-corrected chi connectivity index (χ0v) is 15.4. The van der Waals surface area contributed by atoms with Gasteiger partial charge >= 0.3 is 0 Å². The van der Waals surface area contributed by atoms with Crippen molar-refractivity contribution >= 4 is 46.0 Å². The van der Waals surface area contributed by atoms with Crippen molar-refractivity contribution in [3.8, 4) is 0 Å². The molecule has 0 saturated carbocycles. The lowest BCUT2D eigenvalue weighted by Gasteiger charge is -2.16. The van der Waals surface area contributed by atoms with E-state index in [-0.39, 0.29) is 24.4 Å². The molecule has 0 aliphatic heterocycles. The second kappa shape index (κ2) is 8.31. The third kappa shape index (κ3) is 4.94. The molecular weight excluding hydrogens is 427 g/mol. The molecule has 120 valence electrons. The third-order valence-corrected chi connectivity index (χ3v) is 4.56. The van der Waals surface area contributed by atoms with Crippen molar-refractivity contribution < 1.29 is 9.59 Å². The van der Waals surface area contributed by atoms with E-state index in [1.54, 1.807) is 18.2 Å². The van der Waals surface area contributed by atoms with Crippen molar-refractivity contribution in [2.75, 3.05) is 6.54 Å². The summed E-state index contributed by atoms with van der Waals surface area (Å²) in [6, 6.07) is 14.3. The molecule has 0 aliphatic carbocycles. The number of hydrogen-bond acceptors (Lipinski definition) is 2. The van der Waals surface area contributed by atoms with Gasteiger partial charge in [-0.1, -0.05) is 41.9 Å². The normalized spacial score (nSPS) is 11.6. The van der Waals surface area contributed by atoms with Crippen LogP contribution >= 0.6 is 34.2 Å². The van der Waals surface area contributed by atoms with Crippen LogP contribution in [0.5, 0.6) is 0 Å². The smallest absolute Gasteiger partial charge is 0.252 e. The van der Waals surface area contributed by atoms with Crippen LogP contribution in [0, 0.1) is 3.57 Å². The molecule has 0 heterocycles. The molecule has 2 amide bonds. The Morgan fingerprint density at radius 3 is 2.48 bits per heavy atom. The Balaban J connectivity index is 1.89. The fourth-order valence-electron chi connectivity index (χ4n) is 2.10. The molecule has 0 bridgehead atoms. The number of carbonyl (C=O) groups is 2. The number of carbonyl (C=O) groups excluding carboxylic acids is 2. The minimum atomic E-state index is -0.268. The number of hydrogen-bond donors (Lipinski definition) is 2. The molecule has 2 aromatic rings. The second-order valence-electron chi connectivity index (χ2n) is 4.97. The zero-order chi connectivity index (χ0) is 16.8. The number of benzene rings is 2. The summed E-state index contributed by atoms with van der Waals surface area (Å²) in [4.78, 5) is 24.1. The number of rotatable bonds is 5. The summed E-state index contributed by atoms with van der Waals surface area (Å²) < 4.78 is 0.840. The Kier molecular flexibility index (Phi) is 6.41. The molecule has 0 fully saturated rings. The van der Waals surface area contributed by atoms with Crippen LogP contribution < -0.4 is 10.6 Å². The predicted octanol–water partition coefficient (Wildman–Crippen LogP) is 3.55. The van der Waals surface area contributed by atoms with Gasteiger partial charge in [0.25, 0.3) is 5.91 Å². The summed E-state index contributed by atoms with van der Waals surface area (Å²) in [5, 5.41) is 6.04. The van der Waals surface area contributed by atoms with Crippen LogP contribution in [0.4, 0.5) is 0 Å². The first-order valence-corrected chi connectivity index (χ1v) is 8.51. The maximum atomic E-state index is 12.1. The summed E-state index contributed by atoms with van der Waals surface area (Å²) in [6.45, 7) is 1.76. The summed E-state index contributed by atoms with van der Waals surface area (Å²) >= 11 is 8.19. The van der Waals surface area contributed by atoms with Gasteiger partial charge < -0.3 is 10.6 Å². The summed E-state index contributed by atoms with van der Waals surface area (Å²) in [6.07, 6.45) is 0. The molecule has 4 nitrogen and oxygen atoms in total. The van der Waals surface area contributed by atoms with Crippen LogP contribution in [0.25, 0.3) is 0 Å². The Morgan fingerprint density at radius 1 is 1.13 bits per heavy atom. The molecule has 1 atom stereocenters. The second-order valence-corrected chi connectivity index (χ2v) is 6.54. The van der Waals surface area contributed by atoms with E-state index in [0.717, 1.165) is 9.13 Å². The fraction of sp³-hybridized carbons (Fsp3) is 0.176. The van der Waals surface area contributed by atoms with Gasteiger partial charge in [0.2, 0.25) is 5.91 Å². The van der Waals surface area contributed by atoms with Crippen LogP contribution in [-0.2, 0) is 4.79 Å². The molecule has 2 aromatic carbocycles. The van der Waals surface area contributed by atoms with Crippen LogP contribution in [0.3, 0.4) is 0 Å². The Bertz CT molecular complexity index is 721. The van der Waals surface area contributed by atoms with Gasteiger partial charge in [-0.2, -0.15) is 0 Å². The Labute approximate surface area is 153 Å². The molecule has 0 saturated heterocycles. The largest absolute Gasteiger partial charge is 0.348 e. The molecular formula is C17H16ClIN2O2. The highest BCUT2D eigenvalue weighted by Crippen LogP contribution is 2.21. The average Bonchev–Trinajstić information content (AvgIpc) is 2.53. The highest BCUT2D eigenvalue weighted by atomic mass is 127. The minimum Gasteiger partial charge on any atom is -0.348 e. The molecule has 2 N–H and O–H groups in total. The van der Waals surface area contributed by atoms with Crippen molar-refractivity contribution in [3.63, 3.8) is 0 Å². The standard InChI is InChI=1S/C17H16ClIN2O2/c1-11(12-6-2-4-8-14(12)18)21-16(22)10-20-17(23)13-7-3-5-9-15(13)19/h2-9,11H,10H2,1H3,(H,20,23)(H,21,22). The Morgan fingerprint density at radius 2 is 1.78 bits per heavy atom. The van der Waals surface area contributed by atoms with Crippen LogP contribution in [0.1, 0.15) is 28.9 Å². The van der Waals surface area contributed by atoms with Crippen molar-refractivity contribution in [3.05, 3.63) is 68.3 Å². The van der Waals surface area contributed by atoms with Crippen molar-refractivity contribution in [1.29, 1.82) is 0 Å². The van der Waals surface area contributed by atoms with E-state index in [1.165, 1.54) is 0 Å². The first kappa shape index (κ1) is 17.7. The van der Waals surface area contributed by atoms with E-state index >= 15 is 0 Å². The van der Waals surface area contributed by atoms with Gasteiger partial charge in [-0.05, 0) is 53.3 Å². The van der Waals surface area contributed by atoms with E-state index in [9.17, 15) is 9.59 Å². The van der Waals surface area contributed by atoms with E-state index in [0.29, 0.717) is 10.6 Å². The van der Waals surface area contributed by atoms with Crippen molar-refractivity contribution in [1.82, 2.24) is 10.6 Å². The molecule has 1 unspecified atom stereocenters. The molecule has 0 aliphatic rings. The molecule has 0 aromatic heterocycles. The lowest BCUT2D eigenvalue weighted by Crippen LogP contribution is -2.38. The van der Waals surface area contributed by atoms with Gasteiger partial charge in [-0.15, -0.1) is 0 Å². The van der Waals surface area contributed by atoms with Gasteiger partial charge in [0.1, 0.15) is 0 Å². The molecule has 0 radical (unpaired) electrons. The SMILES string of the molecule is CC(NC(=O)CNC(=O)c1ccccc1I)c1ccccc1Cl. The van der Waals surface area contributed by atoms with E-state index < -0.39 is 0 Å². The van der Waals surface area contributed by atoms with Gasteiger partial charge in [-0.25, -0.2) is 0 Å². The third-order valence-electron chi connectivity index (χ3n) is 3.28. The maximum Gasteiger partial charge on any atom is 0.252 e. The van der Waals surface area contributed by atoms with Crippen LogP contribution in [-0.4, -0.2) is 18.4 Å². The van der Waals surface area contributed by atoms with E-state index in [4.69, 9.17) is 11.6 Å². The minimum absolute atomic E-state index is 0.0847. The number of nitrogens with one attached hydrogen (secondary N) is 2. The first-order chi connectivity index (χ1) is 11.0. The maximum absolute atomic E-state index is 12.1. The van der Waals surface area contributed by atoms with E-state index in [2.05, 4.69) is 33.2 Å². The van der Waals surface area contributed by atoms with Crippen molar-refractivity contribution in [2.45, 2.75) is 13.0 Å². The lowest BCUT2D eigenvalue weighted by atomic mass is 10.1. The van der Waals surface area contributed by atoms with Crippen molar-refractivity contribution in [2.24, 2.45) is 0 Å². The highest BCUT2D eigenvalue weighted by Gasteiger charge is 2.14. The first-order valence-electron chi connectivity index (χ1n) is 7.05.